The Morgan fingerprint density at radius 2 is 1.78 bits per heavy atom. The molecular formula is C14H18F4. The van der Waals surface area contributed by atoms with E-state index in [9.17, 15) is 17.6 Å². The minimum absolute atomic E-state index is 0.0529. The molecule has 0 amide bonds. The van der Waals surface area contributed by atoms with Gasteiger partial charge in [-0.15, -0.1) is 0 Å². The lowest BCUT2D eigenvalue weighted by Gasteiger charge is -2.17. The highest BCUT2D eigenvalue weighted by molar-refractivity contribution is 5.47. The van der Waals surface area contributed by atoms with E-state index in [4.69, 9.17) is 0 Å². The van der Waals surface area contributed by atoms with E-state index in [1.54, 1.807) is 6.92 Å². The molecule has 0 aliphatic carbocycles. The zero-order chi connectivity index (χ0) is 14.5. The van der Waals surface area contributed by atoms with Crippen LogP contribution in [0.2, 0.25) is 0 Å². The third-order valence-electron chi connectivity index (χ3n) is 2.71. The molecule has 0 radical (unpaired) electrons. The number of hydrogen-bond acceptors (Lipinski definition) is 0. The normalized spacial score (nSPS) is 14.8. The van der Waals surface area contributed by atoms with Gasteiger partial charge < -0.3 is 0 Å². The molecule has 1 unspecified atom stereocenters. The number of hydrogen-bond donors (Lipinski definition) is 0. The minimum Gasteiger partial charge on any atom is -0.206 e. The first-order chi connectivity index (χ1) is 8.16. The van der Waals surface area contributed by atoms with Crippen LogP contribution >= 0.6 is 0 Å². The average Bonchev–Trinajstić information content (AvgIpc) is 2.27. The van der Waals surface area contributed by atoms with E-state index in [0.717, 1.165) is 12.5 Å². The molecule has 18 heavy (non-hydrogen) atoms. The Balaban J connectivity index is 5.35. The van der Waals surface area contributed by atoms with Crippen molar-refractivity contribution in [2.24, 2.45) is 5.92 Å². The van der Waals surface area contributed by atoms with E-state index in [-0.39, 0.29) is 11.5 Å². The highest BCUT2D eigenvalue weighted by Crippen LogP contribution is 2.35. The van der Waals surface area contributed by atoms with Crippen molar-refractivity contribution in [3.05, 3.63) is 48.4 Å². The highest BCUT2D eigenvalue weighted by atomic mass is 19.4. The number of halogens is 4. The summed E-state index contributed by atoms with van der Waals surface area (Å²) in [7, 11) is 0. The molecule has 0 heterocycles. The fourth-order valence-electron chi connectivity index (χ4n) is 1.49. The predicted octanol–water partition coefficient (Wildman–Crippen LogP) is 5.51. The second-order valence-electron chi connectivity index (χ2n) is 4.12. The molecule has 0 N–H and O–H groups in total. The lowest BCUT2D eigenvalue weighted by atomic mass is 9.93. The first-order valence-corrected chi connectivity index (χ1v) is 5.64. The summed E-state index contributed by atoms with van der Waals surface area (Å²) in [5, 5.41) is 0. The van der Waals surface area contributed by atoms with Crippen molar-refractivity contribution < 1.29 is 17.6 Å². The topological polar surface area (TPSA) is 0 Å². The molecule has 0 rings (SSSR count). The Hall–Kier alpha value is -1.32. The summed E-state index contributed by atoms with van der Waals surface area (Å²) in [6.45, 7) is 13.2. The van der Waals surface area contributed by atoms with Crippen LogP contribution in [0.3, 0.4) is 0 Å². The van der Waals surface area contributed by atoms with E-state index in [1.165, 1.54) is 0 Å². The average molecular weight is 262 g/mol. The van der Waals surface area contributed by atoms with E-state index in [0.29, 0.717) is 6.42 Å². The van der Waals surface area contributed by atoms with Gasteiger partial charge in [-0.3, -0.25) is 0 Å². The Kier molecular flexibility index (Phi) is 6.09. The second-order valence-corrected chi connectivity index (χ2v) is 4.12. The van der Waals surface area contributed by atoms with Crippen LogP contribution in [0, 0.1) is 5.92 Å². The Labute approximate surface area is 105 Å². The molecule has 0 aromatic rings. The summed E-state index contributed by atoms with van der Waals surface area (Å²) in [5.74, 6) is -1.20. The Bertz CT molecular complexity index is 372. The second kappa shape index (κ2) is 6.57. The maximum atomic E-state index is 14.0. The highest BCUT2D eigenvalue weighted by Gasteiger charge is 2.35. The Morgan fingerprint density at radius 3 is 2.11 bits per heavy atom. The lowest BCUT2D eigenvalue weighted by molar-refractivity contribution is -0.0888. The maximum absolute atomic E-state index is 14.0. The van der Waals surface area contributed by atoms with Gasteiger partial charge in [-0.2, -0.15) is 13.2 Å². The van der Waals surface area contributed by atoms with Crippen molar-refractivity contribution >= 4 is 0 Å². The van der Waals surface area contributed by atoms with Crippen molar-refractivity contribution in [3.8, 4) is 0 Å². The Morgan fingerprint density at radius 1 is 1.28 bits per heavy atom. The molecule has 0 saturated heterocycles. The summed E-state index contributed by atoms with van der Waals surface area (Å²) in [6.07, 6.45) is -2.38. The van der Waals surface area contributed by atoms with Gasteiger partial charge in [-0.05, 0) is 17.9 Å². The number of rotatable bonds is 6. The SMILES string of the molecule is C=C/C(C(=C)C(F)(F)F)=C(/F)C(=C)C(C)CCC. The summed E-state index contributed by atoms with van der Waals surface area (Å²) >= 11 is 0. The molecule has 0 saturated carbocycles. The molecule has 0 spiro atoms. The fraction of sp³-hybridized carbons (Fsp3) is 0.429. The molecule has 0 aliphatic rings. The third-order valence-corrected chi connectivity index (χ3v) is 2.71. The molecule has 102 valence electrons. The van der Waals surface area contributed by atoms with Crippen LogP contribution in [-0.2, 0) is 0 Å². The van der Waals surface area contributed by atoms with Gasteiger partial charge in [-0.1, -0.05) is 46.1 Å². The van der Waals surface area contributed by atoms with Crippen LogP contribution in [0.5, 0.6) is 0 Å². The van der Waals surface area contributed by atoms with Gasteiger partial charge in [-0.25, -0.2) is 4.39 Å². The lowest BCUT2D eigenvalue weighted by Crippen LogP contribution is -2.13. The molecule has 4 heteroatoms. The van der Waals surface area contributed by atoms with E-state index >= 15 is 0 Å². The van der Waals surface area contributed by atoms with E-state index in [2.05, 4.69) is 19.7 Å². The molecule has 0 aliphatic heterocycles. The standard InChI is InChI=1S/C14H18F4/c1-6-8-9(3)10(4)13(15)12(7-2)11(5)14(16,17)18/h7,9H,2,4-6,8H2,1,3H3/b13-12-. The van der Waals surface area contributed by atoms with Crippen molar-refractivity contribution in [1.29, 1.82) is 0 Å². The van der Waals surface area contributed by atoms with Crippen molar-refractivity contribution in [2.45, 2.75) is 32.9 Å². The molecule has 0 fully saturated rings. The molecule has 0 bridgehead atoms. The van der Waals surface area contributed by atoms with Crippen LogP contribution in [-0.4, -0.2) is 6.18 Å². The maximum Gasteiger partial charge on any atom is 0.416 e. The van der Waals surface area contributed by atoms with Gasteiger partial charge in [0, 0.05) is 5.57 Å². The van der Waals surface area contributed by atoms with Crippen LogP contribution in [0.4, 0.5) is 17.6 Å². The number of allylic oxidation sites excluding steroid dienone is 5. The first-order valence-electron chi connectivity index (χ1n) is 5.64. The van der Waals surface area contributed by atoms with Gasteiger partial charge in [0.25, 0.3) is 0 Å². The zero-order valence-electron chi connectivity index (χ0n) is 10.7. The quantitative estimate of drug-likeness (QED) is 0.437. The summed E-state index contributed by atoms with van der Waals surface area (Å²) in [5.41, 5.74) is -1.81. The van der Waals surface area contributed by atoms with E-state index in [1.807, 2.05) is 6.92 Å². The largest absolute Gasteiger partial charge is 0.416 e. The molecule has 0 aromatic carbocycles. The molecule has 1 atom stereocenters. The van der Waals surface area contributed by atoms with Crippen molar-refractivity contribution in [1.82, 2.24) is 0 Å². The van der Waals surface area contributed by atoms with Crippen LogP contribution in [0.15, 0.2) is 48.4 Å². The van der Waals surface area contributed by atoms with Gasteiger partial charge in [0.2, 0.25) is 0 Å². The summed E-state index contributed by atoms with van der Waals surface area (Å²) in [6, 6.07) is 0. The van der Waals surface area contributed by atoms with Crippen molar-refractivity contribution in [3.63, 3.8) is 0 Å². The van der Waals surface area contributed by atoms with Crippen LogP contribution in [0.25, 0.3) is 0 Å². The number of alkyl halides is 3. The molecule has 0 nitrogen and oxygen atoms in total. The summed E-state index contributed by atoms with van der Waals surface area (Å²) in [4.78, 5) is 0. The van der Waals surface area contributed by atoms with Gasteiger partial charge in [0.1, 0.15) is 5.83 Å². The molecular weight excluding hydrogens is 244 g/mol. The zero-order valence-corrected chi connectivity index (χ0v) is 10.7. The fourth-order valence-corrected chi connectivity index (χ4v) is 1.49. The minimum atomic E-state index is -4.67. The predicted molar refractivity (Wildman–Crippen MR) is 66.7 cm³/mol. The van der Waals surface area contributed by atoms with E-state index < -0.39 is 23.1 Å². The molecule has 0 aromatic heterocycles. The van der Waals surface area contributed by atoms with Crippen molar-refractivity contribution in [2.75, 3.05) is 0 Å². The van der Waals surface area contributed by atoms with Crippen LogP contribution in [0.1, 0.15) is 26.7 Å². The van der Waals surface area contributed by atoms with Crippen LogP contribution < -0.4 is 0 Å². The summed E-state index contributed by atoms with van der Waals surface area (Å²) < 4.78 is 51.4. The first kappa shape index (κ1) is 16.7. The third kappa shape index (κ3) is 4.17. The smallest absolute Gasteiger partial charge is 0.206 e. The monoisotopic (exact) mass is 262 g/mol. The van der Waals surface area contributed by atoms with Gasteiger partial charge >= 0.3 is 6.18 Å². The van der Waals surface area contributed by atoms with Gasteiger partial charge in [0.05, 0.1) is 5.57 Å². The van der Waals surface area contributed by atoms with Gasteiger partial charge in [0.15, 0.2) is 0 Å².